The number of thiol groups is 1. The van der Waals surface area contributed by atoms with Gasteiger partial charge in [-0.1, -0.05) is 42.5 Å². The maximum absolute atomic E-state index is 14.1. The number of hydrogen-bond acceptors (Lipinski definition) is 6. The SMILES string of the molecule is O=C1CCC(N2Cc3ccc(CN4CCN(C(c5cccc(F)c5)c5cccc(F)c5)CC4)cc3C2S)C(=O)N1. The van der Waals surface area contributed by atoms with E-state index in [-0.39, 0.29) is 40.9 Å². The van der Waals surface area contributed by atoms with Gasteiger partial charge in [-0.2, -0.15) is 12.6 Å². The van der Waals surface area contributed by atoms with Crippen LogP contribution in [0.1, 0.15) is 52.1 Å². The monoisotopic (exact) mass is 562 g/mol. The quantitative estimate of drug-likeness (QED) is 0.344. The van der Waals surface area contributed by atoms with Crippen molar-refractivity contribution in [3.8, 4) is 0 Å². The largest absolute Gasteiger partial charge is 0.297 e. The lowest BCUT2D eigenvalue weighted by Gasteiger charge is -2.40. The normalized spacial score (nSPS) is 22.5. The molecule has 0 bridgehead atoms. The predicted molar refractivity (Wildman–Crippen MR) is 151 cm³/mol. The molecule has 1 N–H and O–H groups in total. The first-order chi connectivity index (χ1) is 19.4. The Labute approximate surface area is 238 Å². The van der Waals surface area contributed by atoms with Gasteiger partial charge in [0.05, 0.1) is 17.5 Å². The van der Waals surface area contributed by atoms with Gasteiger partial charge in [-0.15, -0.1) is 0 Å². The van der Waals surface area contributed by atoms with Gasteiger partial charge in [0.2, 0.25) is 11.8 Å². The Kier molecular flexibility index (Phi) is 7.72. The van der Waals surface area contributed by atoms with Crippen molar-refractivity contribution in [1.29, 1.82) is 0 Å². The minimum Gasteiger partial charge on any atom is -0.297 e. The number of fused-ring (bicyclic) bond motifs is 1. The van der Waals surface area contributed by atoms with Gasteiger partial charge >= 0.3 is 0 Å². The summed E-state index contributed by atoms with van der Waals surface area (Å²) < 4.78 is 28.3. The summed E-state index contributed by atoms with van der Waals surface area (Å²) in [6.07, 6.45) is 0.860. The summed E-state index contributed by atoms with van der Waals surface area (Å²) in [4.78, 5) is 30.8. The number of benzene rings is 3. The summed E-state index contributed by atoms with van der Waals surface area (Å²) in [7, 11) is 0. The van der Waals surface area contributed by atoms with Crippen LogP contribution in [-0.4, -0.2) is 58.7 Å². The summed E-state index contributed by atoms with van der Waals surface area (Å²) in [6, 6.07) is 19.0. The molecule has 0 spiro atoms. The molecule has 0 saturated carbocycles. The third kappa shape index (κ3) is 5.56. The van der Waals surface area contributed by atoms with Gasteiger partial charge in [-0.05, 0) is 58.5 Å². The Hall–Kier alpha value is -3.11. The molecule has 6 rings (SSSR count). The third-order valence-corrected chi connectivity index (χ3v) is 8.85. The third-order valence-electron chi connectivity index (χ3n) is 8.27. The number of nitrogens with zero attached hydrogens (tertiary/aromatic N) is 3. The number of piperidine rings is 1. The van der Waals surface area contributed by atoms with Gasteiger partial charge in [0.1, 0.15) is 11.6 Å². The zero-order valence-electron chi connectivity index (χ0n) is 22.1. The van der Waals surface area contributed by atoms with E-state index in [0.29, 0.717) is 19.4 Å². The predicted octanol–water partition coefficient (Wildman–Crippen LogP) is 4.42. The summed E-state index contributed by atoms with van der Waals surface area (Å²) in [5.41, 5.74) is 5.09. The molecular weight excluding hydrogens is 530 g/mol. The second-order valence-corrected chi connectivity index (χ2v) is 11.4. The van der Waals surface area contributed by atoms with Crippen LogP contribution in [0, 0.1) is 11.6 Å². The molecule has 40 heavy (non-hydrogen) atoms. The Morgan fingerprint density at radius 2 is 1.57 bits per heavy atom. The number of hydrogen-bond donors (Lipinski definition) is 2. The molecule has 9 heteroatoms. The maximum Gasteiger partial charge on any atom is 0.243 e. The highest BCUT2D eigenvalue weighted by Gasteiger charge is 2.39. The summed E-state index contributed by atoms with van der Waals surface area (Å²) in [6.45, 7) is 4.60. The van der Waals surface area contributed by atoms with Crippen LogP contribution in [0.4, 0.5) is 8.78 Å². The first-order valence-corrected chi connectivity index (χ1v) is 14.2. The first-order valence-electron chi connectivity index (χ1n) is 13.7. The van der Waals surface area contributed by atoms with Crippen LogP contribution in [0.15, 0.2) is 66.7 Å². The van der Waals surface area contributed by atoms with Gasteiger partial charge in [0.15, 0.2) is 0 Å². The lowest BCUT2D eigenvalue weighted by atomic mass is 9.96. The van der Waals surface area contributed by atoms with Crippen LogP contribution in [-0.2, 0) is 22.7 Å². The van der Waals surface area contributed by atoms with Crippen molar-refractivity contribution in [3.63, 3.8) is 0 Å². The van der Waals surface area contributed by atoms with Gasteiger partial charge in [0.25, 0.3) is 0 Å². The van der Waals surface area contributed by atoms with Gasteiger partial charge in [0, 0.05) is 45.7 Å². The fourth-order valence-electron chi connectivity index (χ4n) is 6.27. The van der Waals surface area contributed by atoms with Crippen molar-refractivity contribution in [3.05, 3.63) is 106 Å². The molecule has 3 aromatic rings. The number of carbonyl (C=O) groups is 2. The number of amides is 2. The van der Waals surface area contributed by atoms with Crippen molar-refractivity contribution in [2.75, 3.05) is 26.2 Å². The molecule has 6 nitrogen and oxygen atoms in total. The van der Waals surface area contributed by atoms with E-state index < -0.39 is 0 Å². The zero-order valence-corrected chi connectivity index (χ0v) is 23.0. The summed E-state index contributed by atoms with van der Waals surface area (Å²) >= 11 is 4.86. The fraction of sp³-hybridized carbons (Fsp3) is 0.355. The molecule has 208 valence electrons. The van der Waals surface area contributed by atoms with E-state index in [4.69, 9.17) is 12.6 Å². The number of imide groups is 1. The molecule has 2 amide bonds. The maximum atomic E-state index is 14.1. The van der Waals surface area contributed by atoms with E-state index >= 15 is 0 Å². The lowest BCUT2D eigenvalue weighted by molar-refractivity contribution is -0.137. The second-order valence-electron chi connectivity index (χ2n) is 10.9. The molecule has 0 aliphatic carbocycles. The lowest BCUT2D eigenvalue weighted by Crippen LogP contribution is -2.51. The van der Waals surface area contributed by atoms with Crippen molar-refractivity contribution in [2.45, 2.75) is 43.4 Å². The van der Waals surface area contributed by atoms with E-state index in [1.165, 1.54) is 17.7 Å². The molecule has 3 aliphatic rings. The Morgan fingerprint density at radius 1 is 0.900 bits per heavy atom. The highest BCUT2D eigenvalue weighted by atomic mass is 32.1. The van der Waals surface area contributed by atoms with E-state index in [2.05, 4.69) is 38.2 Å². The second kappa shape index (κ2) is 11.4. The van der Waals surface area contributed by atoms with Crippen molar-refractivity contribution in [2.24, 2.45) is 0 Å². The molecule has 2 saturated heterocycles. The Bertz CT molecular complexity index is 1380. The Morgan fingerprint density at radius 3 is 2.20 bits per heavy atom. The number of rotatable bonds is 6. The van der Waals surface area contributed by atoms with Gasteiger partial charge < -0.3 is 0 Å². The zero-order chi connectivity index (χ0) is 27.8. The molecule has 3 aromatic carbocycles. The minimum absolute atomic E-state index is 0.200. The van der Waals surface area contributed by atoms with Crippen LogP contribution in [0.3, 0.4) is 0 Å². The van der Waals surface area contributed by atoms with E-state index in [1.807, 2.05) is 12.1 Å². The van der Waals surface area contributed by atoms with Crippen molar-refractivity contribution < 1.29 is 18.4 Å². The van der Waals surface area contributed by atoms with Gasteiger partial charge in [-0.25, -0.2) is 8.78 Å². The molecule has 3 aliphatic heterocycles. The molecule has 2 unspecified atom stereocenters. The van der Waals surface area contributed by atoms with Crippen LogP contribution >= 0.6 is 12.6 Å². The van der Waals surface area contributed by atoms with E-state index in [9.17, 15) is 18.4 Å². The van der Waals surface area contributed by atoms with E-state index in [0.717, 1.165) is 55.0 Å². The number of nitrogens with one attached hydrogen (secondary N) is 1. The van der Waals surface area contributed by atoms with Crippen LogP contribution in [0.5, 0.6) is 0 Å². The minimum atomic E-state index is -0.353. The molecule has 2 fully saturated rings. The standard InChI is InChI=1S/C31H32F2N4O2S/c32-24-5-1-3-21(16-24)29(22-4-2-6-25(33)17-22)36-13-11-35(12-14-36)18-20-7-8-23-19-37(31(40)26(23)15-20)27-9-10-28(38)34-30(27)39/h1-8,15-17,27,29,31,40H,9-14,18-19H2,(H,34,38,39). The topological polar surface area (TPSA) is 55.9 Å². The van der Waals surface area contributed by atoms with E-state index in [1.54, 1.807) is 24.3 Å². The van der Waals surface area contributed by atoms with Crippen LogP contribution < -0.4 is 5.32 Å². The van der Waals surface area contributed by atoms with Crippen LogP contribution in [0.2, 0.25) is 0 Å². The average molecular weight is 563 g/mol. The average Bonchev–Trinajstić information content (AvgIpc) is 3.25. The molecule has 3 heterocycles. The molecular formula is C31H32F2N4O2S. The van der Waals surface area contributed by atoms with Crippen LogP contribution in [0.25, 0.3) is 0 Å². The number of halogens is 2. The summed E-state index contributed by atoms with van der Waals surface area (Å²) in [5, 5.41) is 2.26. The number of carbonyl (C=O) groups excluding carboxylic acids is 2. The Balaban J connectivity index is 1.12. The molecule has 0 aromatic heterocycles. The first kappa shape index (κ1) is 27.1. The summed E-state index contributed by atoms with van der Waals surface area (Å²) in [5.74, 6) is -1.05. The molecule has 2 atom stereocenters. The number of piperazine rings is 1. The van der Waals surface area contributed by atoms with Gasteiger partial charge in [-0.3, -0.25) is 29.6 Å². The highest BCUT2D eigenvalue weighted by molar-refractivity contribution is 7.80. The van der Waals surface area contributed by atoms with Crippen molar-refractivity contribution in [1.82, 2.24) is 20.0 Å². The fourth-order valence-corrected chi connectivity index (χ4v) is 6.76. The molecule has 0 radical (unpaired) electrons. The smallest absolute Gasteiger partial charge is 0.243 e. The van der Waals surface area contributed by atoms with Crippen molar-refractivity contribution >= 4 is 24.4 Å². The highest BCUT2D eigenvalue weighted by Crippen LogP contribution is 2.40.